The Bertz CT molecular complexity index is 479. The number of aromatic nitrogens is 1. The van der Waals surface area contributed by atoms with Crippen molar-refractivity contribution in [3.8, 4) is 0 Å². The molecular formula is C14H26Cl2N4O2S. The standard InChI is InChI=1S/C14H24N4O2S.2ClH/c1-14(2,18-5-7-20-8-6-18)10-16-13(19)11-9-21-12(17-11)3-4-15;;/h9H,3-8,10,15H2,1-2H3,(H,16,19);2*1H. The van der Waals surface area contributed by atoms with Crippen molar-refractivity contribution in [2.75, 3.05) is 39.4 Å². The van der Waals surface area contributed by atoms with Crippen LogP contribution in [0.2, 0.25) is 0 Å². The second-order valence-electron chi connectivity index (χ2n) is 5.76. The number of morpholine rings is 1. The molecule has 1 aliphatic rings. The van der Waals surface area contributed by atoms with Crippen molar-refractivity contribution in [3.05, 3.63) is 16.1 Å². The van der Waals surface area contributed by atoms with Gasteiger partial charge in [-0.2, -0.15) is 0 Å². The van der Waals surface area contributed by atoms with Crippen molar-refractivity contribution in [2.45, 2.75) is 25.8 Å². The molecule has 1 saturated heterocycles. The van der Waals surface area contributed by atoms with E-state index in [0.717, 1.165) is 37.7 Å². The minimum Gasteiger partial charge on any atom is -0.379 e. The number of thiazole rings is 1. The maximum atomic E-state index is 12.2. The topological polar surface area (TPSA) is 80.5 Å². The molecule has 9 heteroatoms. The van der Waals surface area contributed by atoms with E-state index in [4.69, 9.17) is 10.5 Å². The van der Waals surface area contributed by atoms with Gasteiger partial charge in [0.2, 0.25) is 0 Å². The van der Waals surface area contributed by atoms with E-state index in [1.54, 1.807) is 5.38 Å². The van der Waals surface area contributed by atoms with Crippen LogP contribution in [0.15, 0.2) is 5.38 Å². The molecule has 2 heterocycles. The number of rotatable bonds is 6. The third-order valence-electron chi connectivity index (χ3n) is 3.69. The lowest BCUT2D eigenvalue weighted by molar-refractivity contribution is -0.00924. The van der Waals surface area contributed by atoms with E-state index >= 15 is 0 Å². The van der Waals surface area contributed by atoms with Crippen LogP contribution in [0.25, 0.3) is 0 Å². The van der Waals surface area contributed by atoms with E-state index < -0.39 is 0 Å². The molecule has 0 unspecified atom stereocenters. The molecule has 6 nitrogen and oxygen atoms in total. The van der Waals surface area contributed by atoms with E-state index in [9.17, 15) is 4.79 Å². The van der Waals surface area contributed by atoms with Gasteiger partial charge in [0.15, 0.2) is 0 Å². The number of amides is 1. The molecule has 0 atom stereocenters. The summed E-state index contributed by atoms with van der Waals surface area (Å²) in [4.78, 5) is 18.8. The fourth-order valence-corrected chi connectivity index (χ4v) is 3.12. The molecule has 0 bridgehead atoms. The van der Waals surface area contributed by atoms with Crippen LogP contribution in [-0.2, 0) is 11.2 Å². The Balaban J connectivity index is 0.00000242. The van der Waals surface area contributed by atoms with Gasteiger partial charge in [-0.05, 0) is 20.4 Å². The SMILES string of the molecule is CC(C)(CNC(=O)c1csc(CCN)n1)N1CCOCC1.Cl.Cl. The van der Waals surface area contributed by atoms with E-state index in [0.29, 0.717) is 18.8 Å². The average Bonchev–Trinajstić information content (AvgIpc) is 2.95. The van der Waals surface area contributed by atoms with Gasteiger partial charge in [0.05, 0.1) is 18.2 Å². The molecule has 1 amide bonds. The van der Waals surface area contributed by atoms with Gasteiger partial charge in [0.1, 0.15) is 5.69 Å². The fourth-order valence-electron chi connectivity index (χ4n) is 2.32. The summed E-state index contributed by atoms with van der Waals surface area (Å²) in [5, 5.41) is 5.69. The highest BCUT2D eigenvalue weighted by molar-refractivity contribution is 7.09. The van der Waals surface area contributed by atoms with Gasteiger partial charge in [0, 0.05) is 37.0 Å². The molecule has 23 heavy (non-hydrogen) atoms. The van der Waals surface area contributed by atoms with Gasteiger partial charge in [-0.3, -0.25) is 9.69 Å². The lowest BCUT2D eigenvalue weighted by Gasteiger charge is -2.40. The van der Waals surface area contributed by atoms with Crippen LogP contribution >= 0.6 is 36.2 Å². The molecule has 0 saturated carbocycles. The number of hydrogen-bond donors (Lipinski definition) is 2. The number of nitrogens with one attached hydrogen (secondary N) is 1. The van der Waals surface area contributed by atoms with E-state index in [1.807, 2.05) is 0 Å². The Morgan fingerprint density at radius 3 is 2.70 bits per heavy atom. The van der Waals surface area contributed by atoms with Crippen LogP contribution in [-0.4, -0.2) is 60.7 Å². The van der Waals surface area contributed by atoms with Crippen molar-refractivity contribution >= 4 is 42.1 Å². The fraction of sp³-hybridized carbons (Fsp3) is 0.714. The van der Waals surface area contributed by atoms with Gasteiger partial charge >= 0.3 is 0 Å². The maximum absolute atomic E-state index is 12.2. The normalized spacial score (nSPS) is 15.4. The Morgan fingerprint density at radius 2 is 2.09 bits per heavy atom. The van der Waals surface area contributed by atoms with Crippen molar-refractivity contribution in [1.29, 1.82) is 0 Å². The molecule has 3 N–H and O–H groups in total. The Labute approximate surface area is 154 Å². The predicted octanol–water partition coefficient (Wildman–Crippen LogP) is 1.33. The van der Waals surface area contributed by atoms with Crippen LogP contribution in [0.3, 0.4) is 0 Å². The number of carbonyl (C=O) groups excluding carboxylic acids is 1. The van der Waals surface area contributed by atoms with E-state index in [2.05, 4.69) is 29.0 Å². The first-order chi connectivity index (χ1) is 10.0. The molecule has 0 aromatic carbocycles. The lowest BCUT2D eigenvalue weighted by atomic mass is 10.0. The predicted molar refractivity (Wildman–Crippen MR) is 98.2 cm³/mol. The number of halogens is 2. The van der Waals surface area contributed by atoms with Crippen molar-refractivity contribution < 1.29 is 9.53 Å². The van der Waals surface area contributed by atoms with Crippen LogP contribution < -0.4 is 11.1 Å². The summed E-state index contributed by atoms with van der Waals surface area (Å²) in [7, 11) is 0. The first-order valence-corrected chi connectivity index (χ1v) is 8.16. The largest absolute Gasteiger partial charge is 0.379 e. The molecule has 1 aliphatic heterocycles. The van der Waals surface area contributed by atoms with Crippen LogP contribution in [0.4, 0.5) is 0 Å². The van der Waals surface area contributed by atoms with Gasteiger partial charge < -0.3 is 15.8 Å². The Morgan fingerprint density at radius 1 is 1.43 bits per heavy atom. The van der Waals surface area contributed by atoms with Crippen LogP contribution in [0.1, 0.15) is 29.3 Å². The van der Waals surface area contributed by atoms with E-state index in [-0.39, 0.29) is 36.3 Å². The third-order valence-corrected chi connectivity index (χ3v) is 4.60. The molecule has 2 rings (SSSR count). The number of carbonyl (C=O) groups is 1. The molecule has 1 aromatic heterocycles. The maximum Gasteiger partial charge on any atom is 0.270 e. The summed E-state index contributed by atoms with van der Waals surface area (Å²) in [6.45, 7) is 8.74. The Kier molecular flexibility index (Phi) is 10.2. The highest BCUT2D eigenvalue weighted by Crippen LogP contribution is 2.16. The zero-order valence-corrected chi connectivity index (χ0v) is 16.0. The first-order valence-electron chi connectivity index (χ1n) is 7.28. The van der Waals surface area contributed by atoms with Gasteiger partial charge in [-0.15, -0.1) is 36.2 Å². The van der Waals surface area contributed by atoms with Crippen molar-refractivity contribution in [1.82, 2.24) is 15.2 Å². The number of nitrogens with two attached hydrogens (primary N) is 1. The number of nitrogens with zero attached hydrogens (tertiary/aromatic N) is 2. The third kappa shape index (κ3) is 6.52. The zero-order valence-electron chi connectivity index (χ0n) is 13.5. The molecule has 0 aliphatic carbocycles. The average molecular weight is 385 g/mol. The van der Waals surface area contributed by atoms with E-state index in [1.165, 1.54) is 11.3 Å². The second kappa shape index (κ2) is 10.4. The highest BCUT2D eigenvalue weighted by atomic mass is 35.5. The lowest BCUT2D eigenvalue weighted by Crippen LogP contribution is -2.55. The second-order valence-corrected chi connectivity index (χ2v) is 6.70. The first kappa shape index (κ1) is 22.6. The van der Waals surface area contributed by atoms with Crippen LogP contribution in [0.5, 0.6) is 0 Å². The summed E-state index contributed by atoms with van der Waals surface area (Å²) in [5.74, 6) is -0.115. The summed E-state index contributed by atoms with van der Waals surface area (Å²) >= 11 is 1.48. The minimum absolute atomic E-state index is 0. The molecule has 1 aromatic rings. The van der Waals surface area contributed by atoms with Gasteiger partial charge in [0.25, 0.3) is 5.91 Å². The van der Waals surface area contributed by atoms with Crippen molar-refractivity contribution in [3.63, 3.8) is 0 Å². The summed E-state index contributed by atoms with van der Waals surface area (Å²) in [6, 6.07) is 0. The quantitative estimate of drug-likeness (QED) is 0.772. The Hall–Kier alpha value is -0.440. The molecular weight excluding hydrogens is 359 g/mol. The monoisotopic (exact) mass is 384 g/mol. The molecule has 0 radical (unpaired) electrons. The molecule has 134 valence electrons. The number of hydrogen-bond acceptors (Lipinski definition) is 6. The highest BCUT2D eigenvalue weighted by Gasteiger charge is 2.28. The van der Waals surface area contributed by atoms with Crippen LogP contribution in [0, 0.1) is 0 Å². The smallest absolute Gasteiger partial charge is 0.270 e. The van der Waals surface area contributed by atoms with Gasteiger partial charge in [-0.25, -0.2) is 4.98 Å². The van der Waals surface area contributed by atoms with Crippen molar-refractivity contribution in [2.24, 2.45) is 5.73 Å². The summed E-state index contributed by atoms with van der Waals surface area (Å²) < 4.78 is 5.37. The minimum atomic E-state index is -0.115. The van der Waals surface area contributed by atoms with Gasteiger partial charge in [-0.1, -0.05) is 0 Å². The zero-order chi connectivity index (χ0) is 15.3. The molecule has 1 fully saturated rings. The molecule has 0 spiro atoms. The summed E-state index contributed by atoms with van der Waals surface area (Å²) in [5.41, 5.74) is 5.89. The summed E-state index contributed by atoms with van der Waals surface area (Å²) in [6.07, 6.45) is 0.719. The number of ether oxygens (including phenoxy) is 1.